The van der Waals surface area contributed by atoms with Gasteiger partial charge in [-0.15, -0.1) is 0 Å². The molecule has 2 N–H and O–H groups in total. The summed E-state index contributed by atoms with van der Waals surface area (Å²) >= 11 is 0. The minimum Gasteiger partial charge on any atom is -0.478 e. The van der Waals surface area contributed by atoms with Gasteiger partial charge in [0.05, 0.1) is 0 Å². The highest BCUT2D eigenvalue weighted by molar-refractivity contribution is 5.80. The standard InChI is InChI=1S/C16H14O4/c17-15(18)7-3-1-5-13-9-11-14(12-10-13)6-2-4-8-16(19)20/h1-12H,(H,17,18)(H,19,20). The maximum Gasteiger partial charge on any atom is 0.328 e. The fourth-order valence-corrected chi connectivity index (χ4v) is 1.33. The Morgan fingerprint density at radius 3 is 1.35 bits per heavy atom. The number of benzene rings is 1. The van der Waals surface area contributed by atoms with Crippen LogP contribution in [0.25, 0.3) is 12.2 Å². The van der Waals surface area contributed by atoms with Gasteiger partial charge in [-0.1, -0.05) is 60.7 Å². The Hall–Kier alpha value is -2.88. The second kappa shape index (κ2) is 8.26. The van der Waals surface area contributed by atoms with Crippen molar-refractivity contribution in [3.8, 4) is 0 Å². The van der Waals surface area contributed by atoms with E-state index >= 15 is 0 Å². The first-order valence-corrected chi connectivity index (χ1v) is 5.83. The first-order valence-electron chi connectivity index (χ1n) is 5.83. The molecule has 0 aliphatic heterocycles. The Morgan fingerprint density at radius 1 is 0.700 bits per heavy atom. The van der Waals surface area contributed by atoms with Crippen LogP contribution in [-0.4, -0.2) is 22.2 Å². The molecule has 0 amide bonds. The zero-order valence-electron chi connectivity index (χ0n) is 10.6. The molecular formula is C16H14O4. The van der Waals surface area contributed by atoms with E-state index in [4.69, 9.17) is 10.2 Å². The summed E-state index contributed by atoms with van der Waals surface area (Å²) in [5, 5.41) is 16.8. The molecule has 0 heterocycles. The van der Waals surface area contributed by atoms with Crippen molar-refractivity contribution in [3.05, 3.63) is 71.8 Å². The lowest BCUT2D eigenvalue weighted by Gasteiger charge is -1.94. The van der Waals surface area contributed by atoms with Gasteiger partial charge in [0.25, 0.3) is 0 Å². The number of carbonyl (C=O) groups is 2. The SMILES string of the molecule is O=C(O)C=CC=Cc1ccc(C=CC=CC(=O)O)cc1. The summed E-state index contributed by atoms with van der Waals surface area (Å²) in [6.07, 6.45) is 11.9. The fraction of sp³-hybridized carbons (Fsp3) is 0. The molecule has 0 atom stereocenters. The van der Waals surface area contributed by atoms with Crippen molar-refractivity contribution >= 4 is 24.1 Å². The molecule has 102 valence electrons. The Morgan fingerprint density at radius 2 is 1.05 bits per heavy atom. The molecule has 0 radical (unpaired) electrons. The molecule has 4 nitrogen and oxygen atoms in total. The molecule has 1 aromatic carbocycles. The lowest BCUT2D eigenvalue weighted by molar-refractivity contribution is -0.132. The molecule has 0 aliphatic rings. The lowest BCUT2D eigenvalue weighted by atomic mass is 10.1. The van der Waals surface area contributed by atoms with Gasteiger partial charge in [-0.05, 0) is 11.1 Å². The largest absolute Gasteiger partial charge is 0.478 e. The average Bonchev–Trinajstić information content (AvgIpc) is 2.41. The normalized spacial score (nSPS) is 12.0. The Balaban J connectivity index is 2.60. The summed E-state index contributed by atoms with van der Waals surface area (Å²) in [4.78, 5) is 20.5. The third kappa shape index (κ3) is 6.76. The van der Waals surface area contributed by atoms with Crippen LogP contribution < -0.4 is 0 Å². The predicted molar refractivity (Wildman–Crippen MR) is 78.1 cm³/mol. The smallest absolute Gasteiger partial charge is 0.328 e. The third-order valence-electron chi connectivity index (χ3n) is 2.21. The Bertz CT molecular complexity index is 522. The van der Waals surface area contributed by atoms with Crippen LogP contribution in [-0.2, 0) is 9.59 Å². The van der Waals surface area contributed by atoms with E-state index in [1.807, 2.05) is 24.3 Å². The Kier molecular flexibility index (Phi) is 6.27. The summed E-state index contributed by atoms with van der Waals surface area (Å²) in [5.41, 5.74) is 1.89. The number of carboxylic acids is 2. The number of rotatable bonds is 6. The average molecular weight is 270 g/mol. The van der Waals surface area contributed by atoms with Gasteiger partial charge in [0.15, 0.2) is 0 Å². The molecule has 4 heteroatoms. The van der Waals surface area contributed by atoms with Crippen LogP contribution in [0.5, 0.6) is 0 Å². The van der Waals surface area contributed by atoms with Gasteiger partial charge in [0, 0.05) is 12.2 Å². The zero-order chi connectivity index (χ0) is 14.8. The number of carboxylic acid groups (broad SMARTS) is 2. The maximum atomic E-state index is 10.3. The van der Waals surface area contributed by atoms with Gasteiger partial charge in [-0.3, -0.25) is 0 Å². The van der Waals surface area contributed by atoms with E-state index in [0.29, 0.717) is 0 Å². The summed E-state index contributed by atoms with van der Waals surface area (Å²) in [6.45, 7) is 0. The molecule has 0 bridgehead atoms. The van der Waals surface area contributed by atoms with E-state index in [-0.39, 0.29) is 0 Å². The van der Waals surface area contributed by atoms with Crippen LogP contribution in [0.3, 0.4) is 0 Å². The quantitative estimate of drug-likeness (QED) is 0.615. The van der Waals surface area contributed by atoms with Crippen LogP contribution in [0.2, 0.25) is 0 Å². The van der Waals surface area contributed by atoms with Crippen LogP contribution in [0.4, 0.5) is 0 Å². The number of hydrogen-bond acceptors (Lipinski definition) is 2. The zero-order valence-corrected chi connectivity index (χ0v) is 10.6. The summed E-state index contributed by atoms with van der Waals surface area (Å²) < 4.78 is 0. The second-order valence-electron chi connectivity index (χ2n) is 3.78. The molecular weight excluding hydrogens is 256 g/mol. The van der Waals surface area contributed by atoms with Crippen molar-refractivity contribution in [1.82, 2.24) is 0 Å². The number of aliphatic carboxylic acids is 2. The van der Waals surface area contributed by atoms with Gasteiger partial charge >= 0.3 is 11.9 Å². The van der Waals surface area contributed by atoms with Crippen molar-refractivity contribution in [1.29, 1.82) is 0 Å². The molecule has 0 aromatic heterocycles. The molecule has 0 saturated carbocycles. The summed E-state index contributed by atoms with van der Waals surface area (Å²) in [5.74, 6) is -1.96. The van der Waals surface area contributed by atoms with Gasteiger partial charge in [0.2, 0.25) is 0 Å². The number of allylic oxidation sites excluding steroid dienone is 4. The minimum atomic E-state index is -0.982. The van der Waals surface area contributed by atoms with E-state index in [1.165, 1.54) is 12.2 Å². The van der Waals surface area contributed by atoms with Crippen molar-refractivity contribution < 1.29 is 19.8 Å². The van der Waals surface area contributed by atoms with Gasteiger partial charge in [0.1, 0.15) is 0 Å². The fourth-order valence-electron chi connectivity index (χ4n) is 1.33. The van der Waals surface area contributed by atoms with Gasteiger partial charge in [-0.2, -0.15) is 0 Å². The molecule has 0 spiro atoms. The molecule has 20 heavy (non-hydrogen) atoms. The minimum absolute atomic E-state index is 0.943. The van der Waals surface area contributed by atoms with E-state index in [0.717, 1.165) is 23.3 Å². The van der Waals surface area contributed by atoms with Crippen LogP contribution >= 0.6 is 0 Å². The van der Waals surface area contributed by atoms with E-state index in [1.54, 1.807) is 24.3 Å². The summed E-state index contributed by atoms with van der Waals surface area (Å²) in [7, 11) is 0. The monoisotopic (exact) mass is 270 g/mol. The summed E-state index contributed by atoms with van der Waals surface area (Å²) in [6, 6.07) is 7.52. The van der Waals surface area contributed by atoms with Gasteiger partial charge in [-0.25, -0.2) is 9.59 Å². The predicted octanol–water partition coefficient (Wildman–Crippen LogP) is 2.99. The van der Waals surface area contributed by atoms with Crippen LogP contribution in [0.15, 0.2) is 60.7 Å². The number of hydrogen-bond donors (Lipinski definition) is 2. The molecule has 1 rings (SSSR count). The van der Waals surface area contributed by atoms with Crippen molar-refractivity contribution in [2.75, 3.05) is 0 Å². The van der Waals surface area contributed by atoms with Gasteiger partial charge < -0.3 is 10.2 Å². The first kappa shape index (κ1) is 15.2. The highest BCUT2D eigenvalue weighted by Crippen LogP contribution is 2.08. The molecule has 0 aliphatic carbocycles. The molecule has 0 unspecified atom stereocenters. The lowest BCUT2D eigenvalue weighted by Crippen LogP contribution is -1.84. The first-order chi connectivity index (χ1) is 9.58. The van der Waals surface area contributed by atoms with Crippen LogP contribution in [0.1, 0.15) is 11.1 Å². The highest BCUT2D eigenvalue weighted by Gasteiger charge is 1.88. The topological polar surface area (TPSA) is 74.6 Å². The molecule has 0 saturated heterocycles. The Labute approximate surface area is 116 Å². The van der Waals surface area contributed by atoms with Crippen molar-refractivity contribution in [2.24, 2.45) is 0 Å². The highest BCUT2D eigenvalue weighted by atomic mass is 16.4. The van der Waals surface area contributed by atoms with E-state index in [9.17, 15) is 9.59 Å². The van der Waals surface area contributed by atoms with E-state index < -0.39 is 11.9 Å². The second-order valence-corrected chi connectivity index (χ2v) is 3.78. The van der Waals surface area contributed by atoms with Crippen molar-refractivity contribution in [3.63, 3.8) is 0 Å². The van der Waals surface area contributed by atoms with Crippen molar-refractivity contribution in [2.45, 2.75) is 0 Å². The van der Waals surface area contributed by atoms with Crippen LogP contribution in [0, 0.1) is 0 Å². The maximum absolute atomic E-state index is 10.3. The third-order valence-corrected chi connectivity index (χ3v) is 2.21. The van der Waals surface area contributed by atoms with E-state index in [2.05, 4.69) is 0 Å². The molecule has 1 aromatic rings. The molecule has 0 fully saturated rings.